The molecule has 0 saturated heterocycles. The minimum atomic E-state index is -4.73. The average molecular weight is 427 g/mol. The number of alkyl halides is 3. The number of anilines is 1. The van der Waals surface area contributed by atoms with Crippen molar-refractivity contribution in [2.45, 2.75) is 18.1 Å². The Hall–Kier alpha value is -3.31. The van der Waals surface area contributed by atoms with Gasteiger partial charge in [0.1, 0.15) is 11.1 Å². The molecule has 152 valence electrons. The normalized spacial score (nSPS) is 11.0. The molecule has 8 heteroatoms. The van der Waals surface area contributed by atoms with Crippen molar-refractivity contribution in [1.29, 1.82) is 5.26 Å². The fourth-order valence-corrected chi connectivity index (χ4v) is 3.49. The van der Waals surface area contributed by atoms with E-state index in [1.54, 1.807) is 60.7 Å². The van der Waals surface area contributed by atoms with Gasteiger partial charge < -0.3 is 5.32 Å². The number of benzene rings is 2. The molecule has 0 atom stereocenters. The van der Waals surface area contributed by atoms with Crippen LogP contribution in [0.5, 0.6) is 0 Å². The summed E-state index contributed by atoms with van der Waals surface area (Å²) in [6.45, 7) is 1.86. The van der Waals surface area contributed by atoms with Crippen LogP contribution in [0.3, 0.4) is 0 Å². The van der Waals surface area contributed by atoms with Crippen LogP contribution in [0.4, 0.5) is 18.9 Å². The van der Waals surface area contributed by atoms with Crippen LogP contribution < -0.4 is 5.32 Å². The summed E-state index contributed by atoms with van der Waals surface area (Å²) in [6, 6.07) is 18.0. The molecule has 0 aliphatic rings. The van der Waals surface area contributed by atoms with E-state index in [0.717, 1.165) is 23.4 Å². The number of aromatic nitrogens is 1. The lowest BCUT2D eigenvalue weighted by molar-refractivity contribution is -0.138. The minimum absolute atomic E-state index is 0.0901. The summed E-state index contributed by atoms with van der Waals surface area (Å²) in [6.07, 6.45) is -4.73. The minimum Gasteiger partial charge on any atom is -0.325 e. The highest BCUT2D eigenvalue weighted by atomic mass is 32.2. The summed E-state index contributed by atoms with van der Waals surface area (Å²) in [5, 5.41) is 11.9. The second kappa shape index (κ2) is 9.01. The Morgan fingerprint density at radius 2 is 1.80 bits per heavy atom. The van der Waals surface area contributed by atoms with Gasteiger partial charge in [-0.05, 0) is 25.1 Å². The summed E-state index contributed by atoms with van der Waals surface area (Å²) < 4.78 is 40.8. The van der Waals surface area contributed by atoms with Crippen LogP contribution in [0.1, 0.15) is 16.7 Å². The average Bonchev–Trinajstić information content (AvgIpc) is 2.72. The molecule has 3 aromatic rings. The molecule has 0 aliphatic carbocycles. The fourth-order valence-electron chi connectivity index (χ4n) is 2.68. The van der Waals surface area contributed by atoms with E-state index in [4.69, 9.17) is 0 Å². The van der Waals surface area contributed by atoms with Crippen LogP contribution in [-0.4, -0.2) is 16.6 Å². The maximum Gasteiger partial charge on any atom is 0.417 e. The van der Waals surface area contributed by atoms with E-state index in [1.807, 2.05) is 6.92 Å². The van der Waals surface area contributed by atoms with Crippen LogP contribution in [-0.2, 0) is 11.0 Å². The molecule has 0 aliphatic heterocycles. The molecular weight excluding hydrogens is 411 g/mol. The number of halogens is 3. The molecule has 1 amide bonds. The van der Waals surface area contributed by atoms with E-state index < -0.39 is 23.2 Å². The predicted molar refractivity (Wildman–Crippen MR) is 110 cm³/mol. The molecule has 3 rings (SSSR count). The van der Waals surface area contributed by atoms with Gasteiger partial charge in [-0.25, -0.2) is 4.98 Å². The number of thioether (sulfide) groups is 1. The SMILES string of the molecule is Cc1ccc(-c2cc(C(F)(F)F)c(C#N)c(SCC(=O)Nc3ccccc3)n2)cc1. The number of nitrogens with zero attached hydrogens (tertiary/aromatic N) is 2. The maximum absolute atomic E-state index is 13.6. The Balaban J connectivity index is 1.93. The van der Waals surface area contributed by atoms with Crippen LogP contribution in [0, 0.1) is 18.3 Å². The first-order chi connectivity index (χ1) is 14.3. The van der Waals surface area contributed by atoms with Gasteiger partial charge in [0.2, 0.25) is 5.91 Å². The second-order valence-electron chi connectivity index (χ2n) is 6.41. The first kappa shape index (κ1) is 21.4. The summed E-state index contributed by atoms with van der Waals surface area (Å²) >= 11 is 0.796. The van der Waals surface area contributed by atoms with Crippen molar-refractivity contribution < 1.29 is 18.0 Å². The number of carbonyl (C=O) groups excluding carboxylic acids is 1. The highest BCUT2D eigenvalue weighted by Gasteiger charge is 2.36. The molecule has 4 nitrogen and oxygen atoms in total. The van der Waals surface area contributed by atoms with Gasteiger partial charge in [0, 0.05) is 11.3 Å². The molecule has 0 fully saturated rings. The number of carbonyl (C=O) groups is 1. The monoisotopic (exact) mass is 427 g/mol. The largest absolute Gasteiger partial charge is 0.417 e. The number of nitriles is 1. The molecule has 0 saturated carbocycles. The van der Waals surface area contributed by atoms with Crippen molar-refractivity contribution in [3.05, 3.63) is 77.4 Å². The molecule has 2 aromatic carbocycles. The first-order valence-corrected chi connectivity index (χ1v) is 9.83. The summed E-state index contributed by atoms with van der Waals surface area (Å²) in [7, 11) is 0. The lowest BCUT2D eigenvalue weighted by Gasteiger charge is -2.14. The number of rotatable bonds is 5. The van der Waals surface area contributed by atoms with Gasteiger partial charge in [0.05, 0.1) is 22.6 Å². The summed E-state index contributed by atoms with van der Waals surface area (Å²) in [5.74, 6) is -0.600. The number of nitrogens with one attached hydrogen (secondary N) is 1. The van der Waals surface area contributed by atoms with E-state index in [2.05, 4.69) is 10.3 Å². The number of pyridine rings is 1. The Bertz CT molecular complexity index is 1090. The second-order valence-corrected chi connectivity index (χ2v) is 7.38. The van der Waals surface area contributed by atoms with Gasteiger partial charge in [0.15, 0.2) is 0 Å². The van der Waals surface area contributed by atoms with Crippen LogP contribution >= 0.6 is 11.8 Å². The molecule has 30 heavy (non-hydrogen) atoms. The Kier molecular flexibility index (Phi) is 6.43. The third-order valence-corrected chi connectivity index (χ3v) is 5.12. The highest BCUT2D eigenvalue weighted by molar-refractivity contribution is 8.00. The number of aryl methyl sites for hydroxylation is 1. The zero-order chi connectivity index (χ0) is 21.7. The zero-order valence-electron chi connectivity index (χ0n) is 15.8. The van der Waals surface area contributed by atoms with Crippen molar-refractivity contribution >= 4 is 23.4 Å². The van der Waals surface area contributed by atoms with Gasteiger partial charge >= 0.3 is 6.18 Å². The van der Waals surface area contributed by atoms with Gasteiger partial charge in [-0.15, -0.1) is 0 Å². The zero-order valence-corrected chi connectivity index (χ0v) is 16.6. The predicted octanol–water partition coefficient (Wildman–Crippen LogP) is 5.68. The Morgan fingerprint density at radius 3 is 2.40 bits per heavy atom. The molecule has 1 aromatic heterocycles. The topological polar surface area (TPSA) is 65.8 Å². The lowest BCUT2D eigenvalue weighted by Crippen LogP contribution is -2.15. The molecular formula is C22H16F3N3OS. The van der Waals surface area contributed by atoms with Crippen molar-refractivity contribution in [3.63, 3.8) is 0 Å². The standard InChI is InChI=1S/C22H16F3N3OS/c1-14-7-9-15(10-8-14)19-11-18(22(23,24)25)17(12-26)21(28-19)30-13-20(29)27-16-5-3-2-4-6-16/h2-11H,13H2,1H3,(H,27,29). The van der Waals surface area contributed by atoms with E-state index in [9.17, 15) is 23.2 Å². The summed E-state index contributed by atoms with van der Waals surface area (Å²) in [5.41, 5.74) is 0.451. The van der Waals surface area contributed by atoms with Gasteiger partial charge in [-0.3, -0.25) is 4.79 Å². The van der Waals surface area contributed by atoms with E-state index in [1.165, 1.54) is 0 Å². The van der Waals surface area contributed by atoms with Gasteiger partial charge in [-0.1, -0.05) is 59.8 Å². The van der Waals surface area contributed by atoms with Crippen molar-refractivity contribution in [3.8, 4) is 17.3 Å². The van der Waals surface area contributed by atoms with Crippen molar-refractivity contribution in [1.82, 2.24) is 4.98 Å². The van der Waals surface area contributed by atoms with Crippen LogP contribution in [0.2, 0.25) is 0 Å². The first-order valence-electron chi connectivity index (χ1n) is 8.85. The van der Waals surface area contributed by atoms with Crippen LogP contribution in [0.15, 0.2) is 65.7 Å². The fraction of sp³-hybridized carbons (Fsp3) is 0.136. The van der Waals surface area contributed by atoms with E-state index in [-0.39, 0.29) is 16.5 Å². The third-order valence-electron chi connectivity index (χ3n) is 4.15. The number of hydrogen-bond acceptors (Lipinski definition) is 4. The number of amides is 1. The smallest absolute Gasteiger partial charge is 0.325 e. The van der Waals surface area contributed by atoms with E-state index in [0.29, 0.717) is 11.3 Å². The maximum atomic E-state index is 13.6. The number of hydrogen-bond donors (Lipinski definition) is 1. The molecule has 0 unspecified atom stereocenters. The molecule has 0 spiro atoms. The molecule has 0 radical (unpaired) electrons. The molecule has 0 bridgehead atoms. The third kappa shape index (κ3) is 5.19. The van der Waals surface area contributed by atoms with Crippen molar-refractivity contribution in [2.24, 2.45) is 0 Å². The van der Waals surface area contributed by atoms with Crippen molar-refractivity contribution in [2.75, 3.05) is 11.1 Å². The summed E-state index contributed by atoms with van der Waals surface area (Å²) in [4.78, 5) is 16.5. The number of para-hydroxylation sites is 1. The lowest BCUT2D eigenvalue weighted by atomic mass is 10.0. The Morgan fingerprint density at radius 1 is 1.13 bits per heavy atom. The molecule has 1 N–H and O–H groups in total. The van der Waals surface area contributed by atoms with Crippen LogP contribution in [0.25, 0.3) is 11.3 Å². The Labute approximate surface area is 175 Å². The van der Waals surface area contributed by atoms with Gasteiger partial charge in [-0.2, -0.15) is 18.4 Å². The molecule has 1 heterocycles. The van der Waals surface area contributed by atoms with Gasteiger partial charge in [0.25, 0.3) is 0 Å². The highest BCUT2D eigenvalue weighted by Crippen LogP contribution is 2.38. The quantitative estimate of drug-likeness (QED) is 0.532. The van der Waals surface area contributed by atoms with E-state index >= 15 is 0 Å².